The highest BCUT2D eigenvalue weighted by atomic mass is 16.5. The molecule has 2 fully saturated rings. The number of ketones is 2. The molecular formula is C17H23N3O5. The first-order valence-electron chi connectivity index (χ1n) is 8.49. The number of rotatable bonds is 6. The van der Waals surface area contributed by atoms with Gasteiger partial charge in [0.05, 0.1) is 36.6 Å². The maximum absolute atomic E-state index is 13.2. The minimum atomic E-state index is -0.863. The SMILES string of the molecule is COCCNC1=C(C)C(=O)C2=C(C1=O)C(CO)C1(OC)C3NC3CN21. The average molecular weight is 349 g/mol. The third kappa shape index (κ3) is 1.96. The van der Waals surface area contributed by atoms with Crippen molar-refractivity contribution in [2.75, 3.05) is 40.5 Å². The number of carbonyl (C=O) groups is 2. The predicted octanol–water partition coefficient (Wildman–Crippen LogP) is -1.48. The van der Waals surface area contributed by atoms with E-state index >= 15 is 0 Å². The summed E-state index contributed by atoms with van der Waals surface area (Å²) in [6.45, 7) is 2.87. The molecule has 3 heterocycles. The number of nitrogens with one attached hydrogen (secondary N) is 2. The Kier molecular flexibility index (Phi) is 3.77. The quantitative estimate of drug-likeness (QED) is 0.303. The molecule has 4 aliphatic rings. The second-order valence-corrected chi connectivity index (χ2v) is 6.89. The van der Waals surface area contributed by atoms with Crippen molar-refractivity contribution in [3.63, 3.8) is 0 Å². The zero-order valence-corrected chi connectivity index (χ0v) is 14.6. The van der Waals surface area contributed by atoms with Crippen LogP contribution in [0.25, 0.3) is 0 Å². The molecule has 0 radical (unpaired) electrons. The Morgan fingerprint density at radius 3 is 2.76 bits per heavy atom. The van der Waals surface area contributed by atoms with Crippen LogP contribution in [0, 0.1) is 5.92 Å². The lowest BCUT2D eigenvalue weighted by Crippen LogP contribution is -2.54. The second kappa shape index (κ2) is 5.63. The zero-order valence-electron chi connectivity index (χ0n) is 14.6. The maximum Gasteiger partial charge on any atom is 0.208 e. The summed E-state index contributed by atoms with van der Waals surface area (Å²) in [5, 5.41) is 16.4. The van der Waals surface area contributed by atoms with E-state index in [2.05, 4.69) is 10.6 Å². The Hall–Kier alpha value is -1.74. The van der Waals surface area contributed by atoms with Gasteiger partial charge in [-0.3, -0.25) is 9.59 Å². The van der Waals surface area contributed by atoms with Crippen LogP contribution in [-0.4, -0.2) is 79.9 Å². The van der Waals surface area contributed by atoms with Gasteiger partial charge < -0.3 is 30.1 Å². The van der Waals surface area contributed by atoms with E-state index in [0.717, 1.165) is 0 Å². The Bertz CT molecular complexity index is 715. The first kappa shape index (κ1) is 16.7. The number of aliphatic hydroxyl groups excluding tert-OH is 1. The summed E-state index contributed by atoms with van der Waals surface area (Å²) < 4.78 is 10.8. The molecule has 1 aliphatic carbocycles. The number of hydrogen-bond donors (Lipinski definition) is 3. The molecule has 4 atom stereocenters. The van der Waals surface area contributed by atoms with Crippen molar-refractivity contribution < 1.29 is 24.2 Å². The lowest BCUT2D eigenvalue weighted by molar-refractivity contribution is -0.137. The Balaban J connectivity index is 1.75. The molecule has 3 aliphatic heterocycles. The van der Waals surface area contributed by atoms with Gasteiger partial charge in [-0.25, -0.2) is 0 Å². The Labute approximate surface area is 145 Å². The number of hydrogen-bond acceptors (Lipinski definition) is 8. The molecule has 0 spiro atoms. The fourth-order valence-electron chi connectivity index (χ4n) is 4.64. The van der Waals surface area contributed by atoms with Crippen LogP contribution in [-0.2, 0) is 19.1 Å². The topological polar surface area (TPSA) is 110 Å². The molecule has 4 unspecified atom stereocenters. The summed E-state index contributed by atoms with van der Waals surface area (Å²) in [6, 6.07) is 0.252. The highest BCUT2D eigenvalue weighted by molar-refractivity contribution is 6.25. The van der Waals surface area contributed by atoms with Crippen LogP contribution in [0.5, 0.6) is 0 Å². The third-order valence-electron chi connectivity index (χ3n) is 5.83. The molecule has 8 nitrogen and oxygen atoms in total. The van der Waals surface area contributed by atoms with Crippen molar-refractivity contribution in [3.8, 4) is 0 Å². The van der Waals surface area contributed by atoms with E-state index in [1.807, 2.05) is 4.90 Å². The van der Waals surface area contributed by atoms with Gasteiger partial charge >= 0.3 is 0 Å². The number of fused-ring (bicyclic) bond motifs is 4. The van der Waals surface area contributed by atoms with Crippen LogP contribution in [0.2, 0.25) is 0 Å². The van der Waals surface area contributed by atoms with Crippen LogP contribution in [0.1, 0.15) is 6.92 Å². The molecule has 0 bridgehead atoms. The number of ether oxygens (including phenoxy) is 2. The summed E-state index contributed by atoms with van der Waals surface area (Å²) in [7, 11) is 3.15. The molecule has 0 saturated carbocycles. The Morgan fingerprint density at radius 2 is 2.12 bits per heavy atom. The summed E-state index contributed by atoms with van der Waals surface area (Å²) in [4.78, 5) is 28.1. The molecule has 25 heavy (non-hydrogen) atoms. The number of aliphatic hydroxyl groups is 1. The number of nitrogens with zero attached hydrogens (tertiary/aromatic N) is 1. The van der Waals surface area contributed by atoms with Crippen LogP contribution >= 0.6 is 0 Å². The van der Waals surface area contributed by atoms with Gasteiger partial charge in [-0.2, -0.15) is 0 Å². The van der Waals surface area contributed by atoms with Gasteiger partial charge in [0, 0.05) is 44.5 Å². The van der Waals surface area contributed by atoms with Crippen LogP contribution < -0.4 is 10.6 Å². The van der Waals surface area contributed by atoms with E-state index in [9.17, 15) is 14.7 Å². The second-order valence-electron chi connectivity index (χ2n) is 6.89. The van der Waals surface area contributed by atoms with E-state index in [4.69, 9.17) is 9.47 Å². The minimum absolute atomic E-state index is 0.0195. The van der Waals surface area contributed by atoms with E-state index in [-0.39, 0.29) is 30.3 Å². The van der Waals surface area contributed by atoms with Crippen molar-refractivity contribution in [1.82, 2.24) is 15.5 Å². The first-order chi connectivity index (χ1) is 12.0. The van der Waals surface area contributed by atoms with Gasteiger partial charge in [-0.15, -0.1) is 0 Å². The number of piperazine rings is 1. The first-order valence-corrected chi connectivity index (χ1v) is 8.49. The fourth-order valence-corrected chi connectivity index (χ4v) is 4.64. The average Bonchev–Trinajstić information content (AvgIpc) is 3.22. The molecule has 0 aromatic carbocycles. The maximum atomic E-state index is 13.2. The zero-order chi connectivity index (χ0) is 17.9. The van der Waals surface area contributed by atoms with Gasteiger partial charge in [0.15, 0.2) is 5.72 Å². The van der Waals surface area contributed by atoms with Gasteiger partial charge in [0.2, 0.25) is 11.6 Å². The number of allylic oxidation sites excluding steroid dienone is 2. The minimum Gasteiger partial charge on any atom is -0.396 e. The van der Waals surface area contributed by atoms with E-state index in [0.29, 0.717) is 42.2 Å². The van der Waals surface area contributed by atoms with E-state index in [1.54, 1.807) is 21.1 Å². The van der Waals surface area contributed by atoms with Gasteiger partial charge in [-0.05, 0) is 6.92 Å². The lowest BCUT2D eigenvalue weighted by atomic mass is 9.82. The van der Waals surface area contributed by atoms with E-state index in [1.165, 1.54) is 0 Å². The molecule has 0 aromatic rings. The largest absolute Gasteiger partial charge is 0.396 e. The van der Waals surface area contributed by atoms with Gasteiger partial charge in [0.1, 0.15) is 0 Å². The van der Waals surface area contributed by atoms with Crippen molar-refractivity contribution in [2.24, 2.45) is 5.92 Å². The Morgan fingerprint density at radius 1 is 1.36 bits per heavy atom. The van der Waals surface area contributed by atoms with Crippen LogP contribution in [0.15, 0.2) is 22.5 Å². The highest BCUT2D eigenvalue weighted by Crippen LogP contribution is 2.55. The molecule has 8 heteroatoms. The van der Waals surface area contributed by atoms with Gasteiger partial charge in [-0.1, -0.05) is 0 Å². The predicted molar refractivity (Wildman–Crippen MR) is 87.4 cm³/mol. The lowest BCUT2D eigenvalue weighted by Gasteiger charge is -2.39. The fraction of sp³-hybridized carbons (Fsp3) is 0.647. The summed E-state index contributed by atoms with van der Waals surface area (Å²) >= 11 is 0. The van der Waals surface area contributed by atoms with Crippen molar-refractivity contribution in [2.45, 2.75) is 24.7 Å². The number of carbonyl (C=O) groups excluding carboxylic acids is 2. The summed E-state index contributed by atoms with van der Waals surface area (Å²) in [5.41, 5.74) is 0.600. The molecule has 0 amide bonds. The molecule has 0 aromatic heterocycles. The van der Waals surface area contributed by atoms with Crippen LogP contribution in [0.3, 0.4) is 0 Å². The molecule has 136 valence electrons. The number of Topliss-reactive ketones (excluding diaryl/α,β-unsaturated/α-hetero) is 2. The standard InChI is InChI=1S/C17H23N3O5/c1-8-12(18-4-5-24-2)15(23)11-9(7-21)17(25-3)16-10(19-16)6-20(17)13(11)14(8)22/h9-10,16,18-19,21H,4-7H2,1-3H3. The summed E-state index contributed by atoms with van der Waals surface area (Å²) in [6.07, 6.45) is 0. The smallest absolute Gasteiger partial charge is 0.208 e. The molecular weight excluding hydrogens is 326 g/mol. The number of methoxy groups -OCH3 is 2. The molecule has 2 saturated heterocycles. The summed E-state index contributed by atoms with van der Waals surface area (Å²) in [5.74, 6) is -0.959. The van der Waals surface area contributed by atoms with Crippen molar-refractivity contribution in [3.05, 3.63) is 22.5 Å². The van der Waals surface area contributed by atoms with Crippen LogP contribution in [0.4, 0.5) is 0 Å². The third-order valence-corrected chi connectivity index (χ3v) is 5.83. The normalized spacial score (nSPS) is 36.0. The highest BCUT2D eigenvalue weighted by Gasteiger charge is 2.72. The molecule has 4 rings (SSSR count). The van der Waals surface area contributed by atoms with E-state index < -0.39 is 11.6 Å². The van der Waals surface area contributed by atoms with Crippen molar-refractivity contribution in [1.29, 1.82) is 0 Å². The molecule has 3 N–H and O–H groups in total. The monoisotopic (exact) mass is 349 g/mol. The van der Waals surface area contributed by atoms with Gasteiger partial charge in [0.25, 0.3) is 0 Å². The van der Waals surface area contributed by atoms with Crippen molar-refractivity contribution >= 4 is 11.6 Å².